The fourth-order valence-corrected chi connectivity index (χ4v) is 6.00. The molecule has 1 aromatic rings. The Morgan fingerprint density at radius 1 is 0.842 bits per heavy atom. The van der Waals surface area contributed by atoms with Gasteiger partial charge in [0, 0.05) is 5.02 Å². The van der Waals surface area contributed by atoms with Crippen molar-refractivity contribution in [2.45, 2.75) is 37.5 Å². The number of halogens is 2. The molecule has 5 rings (SSSR count). The van der Waals surface area contributed by atoms with E-state index in [0.29, 0.717) is 5.92 Å². The maximum atomic E-state index is 6.86. The second-order valence-electron chi connectivity index (χ2n) is 6.96. The molecule has 1 unspecified atom stereocenters. The van der Waals surface area contributed by atoms with E-state index in [9.17, 15) is 0 Å². The molecule has 0 aromatic heterocycles. The van der Waals surface area contributed by atoms with E-state index in [0.717, 1.165) is 28.7 Å². The number of hydrogen-bond donors (Lipinski definition) is 0. The topological polar surface area (TPSA) is 0 Å². The Kier molecular flexibility index (Phi) is 3.08. The number of hydrogen-bond acceptors (Lipinski definition) is 0. The summed E-state index contributed by atoms with van der Waals surface area (Å²) in [6, 6.07) is 8.18. The van der Waals surface area contributed by atoms with Crippen LogP contribution in [0.15, 0.2) is 24.3 Å². The van der Waals surface area contributed by atoms with E-state index in [1.54, 1.807) is 0 Å². The molecular formula is C17H20Cl2. The molecule has 0 heterocycles. The van der Waals surface area contributed by atoms with Gasteiger partial charge in [-0.3, -0.25) is 0 Å². The highest BCUT2D eigenvalue weighted by Gasteiger charge is 2.50. The van der Waals surface area contributed by atoms with Crippen LogP contribution in [0.3, 0.4) is 0 Å². The van der Waals surface area contributed by atoms with Gasteiger partial charge in [0.05, 0.1) is 5.38 Å². The third-order valence-corrected chi connectivity index (χ3v) is 6.62. The van der Waals surface area contributed by atoms with Crippen LogP contribution in [0.25, 0.3) is 0 Å². The standard InChI is InChI=1S/C17H20Cl2/c18-15-3-1-12(2-4-15)17(19)16-13-6-10-5-11(8-13)9-14(16)7-10/h1-4,10-11,13-14,16-17H,5-9H2. The zero-order valence-electron chi connectivity index (χ0n) is 11.1. The molecule has 1 aromatic carbocycles. The van der Waals surface area contributed by atoms with E-state index < -0.39 is 0 Å². The first-order valence-corrected chi connectivity index (χ1v) is 8.41. The monoisotopic (exact) mass is 294 g/mol. The van der Waals surface area contributed by atoms with Crippen molar-refractivity contribution in [3.63, 3.8) is 0 Å². The maximum absolute atomic E-state index is 6.86. The molecule has 0 spiro atoms. The molecule has 0 radical (unpaired) electrons. The van der Waals surface area contributed by atoms with Crippen molar-refractivity contribution >= 4 is 23.2 Å². The Bertz CT molecular complexity index is 437. The minimum Gasteiger partial charge on any atom is -0.117 e. The highest BCUT2D eigenvalue weighted by atomic mass is 35.5. The van der Waals surface area contributed by atoms with Crippen LogP contribution < -0.4 is 0 Å². The van der Waals surface area contributed by atoms with Gasteiger partial charge in [0.1, 0.15) is 0 Å². The Morgan fingerprint density at radius 2 is 1.37 bits per heavy atom. The van der Waals surface area contributed by atoms with E-state index in [2.05, 4.69) is 12.1 Å². The van der Waals surface area contributed by atoms with Crippen molar-refractivity contribution in [2.75, 3.05) is 0 Å². The van der Waals surface area contributed by atoms with Crippen molar-refractivity contribution in [3.05, 3.63) is 34.9 Å². The number of alkyl halides is 1. The molecule has 19 heavy (non-hydrogen) atoms. The first-order valence-electron chi connectivity index (χ1n) is 7.60. The summed E-state index contributed by atoms with van der Waals surface area (Å²) in [5.74, 6) is 4.51. The van der Waals surface area contributed by atoms with Crippen LogP contribution in [-0.4, -0.2) is 0 Å². The summed E-state index contributed by atoms with van der Waals surface area (Å²) in [5, 5.41) is 0.991. The quantitative estimate of drug-likeness (QED) is 0.615. The first kappa shape index (κ1) is 12.5. The Balaban J connectivity index is 1.60. The zero-order chi connectivity index (χ0) is 13.0. The molecule has 4 saturated carbocycles. The van der Waals surface area contributed by atoms with E-state index in [4.69, 9.17) is 23.2 Å². The first-order chi connectivity index (χ1) is 9.20. The average Bonchev–Trinajstić information content (AvgIpc) is 2.38. The number of benzene rings is 1. The molecule has 4 aliphatic rings. The van der Waals surface area contributed by atoms with Crippen molar-refractivity contribution in [2.24, 2.45) is 29.6 Å². The minimum atomic E-state index is 0.187. The summed E-state index contributed by atoms with van der Waals surface area (Å²) >= 11 is 12.8. The van der Waals surface area contributed by atoms with Crippen LogP contribution in [0.1, 0.15) is 43.0 Å². The third kappa shape index (κ3) is 2.12. The summed E-state index contributed by atoms with van der Waals surface area (Å²) in [5.41, 5.74) is 1.27. The highest BCUT2D eigenvalue weighted by Crippen LogP contribution is 2.60. The normalized spacial score (nSPS) is 41.5. The summed E-state index contributed by atoms with van der Waals surface area (Å²) in [6.45, 7) is 0. The predicted molar refractivity (Wildman–Crippen MR) is 80.6 cm³/mol. The van der Waals surface area contributed by atoms with Crippen LogP contribution in [-0.2, 0) is 0 Å². The molecule has 2 heteroatoms. The van der Waals surface area contributed by atoms with Crippen molar-refractivity contribution in [1.82, 2.24) is 0 Å². The van der Waals surface area contributed by atoms with E-state index in [-0.39, 0.29) is 5.38 Å². The molecule has 4 aliphatic carbocycles. The molecule has 0 N–H and O–H groups in total. The molecule has 1 atom stereocenters. The minimum absolute atomic E-state index is 0.187. The van der Waals surface area contributed by atoms with Crippen molar-refractivity contribution in [1.29, 1.82) is 0 Å². The summed E-state index contributed by atoms with van der Waals surface area (Å²) < 4.78 is 0. The fourth-order valence-electron chi connectivity index (χ4n) is 5.31. The highest BCUT2D eigenvalue weighted by molar-refractivity contribution is 6.30. The van der Waals surface area contributed by atoms with Gasteiger partial charge in [0.15, 0.2) is 0 Å². The van der Waals surface area contributed by atoms with Crippen molar-refractivity contribution < 1.29 is 0 Å². The molecule has 4 bridgehead atoms. The van der Waals surface area contributed by atoms with Crippen molar-refractivity contribution in [3.8, 4) is 0 Å². The van der Waals surface area contributed by atoms with Gasteiger partial charge in [0.2, 0.25) is 0 Å². The average molecular weight is 295 g/mol. The summed E-state index contributed by atoms with van der Waals surface area (Å²) in [7, 11) is 0. The molecule has 0 saturated heterocycles. The van der Waals surface area contributed by atoms with Gasteiger partial charge in [-0.1, -0.05) is 23.7 Å². The molecule has 0 aliphatic heterocycles. The lowest BCUT2D eigenvalue weighted by Gasteiger charge is -2.55. The van der Waals surface area contributed by atoms with Gasteiger partial charge in [-0.25, -0.2) is 0 Å². The largest absolute Gasteiger partial charge is 0.117 e. The van der Waals surface area contributed by atoms with Crippen LogP contribution in [0, 0.1) is 29.6 Å². The van der Waals surface area contributed by atoms with E-state index >= 15 is 0 Å². The lowest BCUT2D eigenvalue weighted by molar-refractivity contribution is -0.0381. The van der Waals surface area contributed by atoms with Gasteiger partial charge in [-0.05, 0) is 79.4 Å². The Hall–Kier alpha value is -0.200. The maximum Gasteiger partial charge on any atom is 0.0618 e. The van der Waals surface area contributed by atoms with Crippen LogP contribution in [0.2, 0.25) is 5.02 Å². The lowest BCUT2D eigenvalue weighted by atomic mass is 9.51. The number of rotatable bonds is 2. The second-order valence-corrected chi connectivity index (χ2v) is 7.87. The van der Waals surface area contributed by atoms with Crippen LogP contribution in [0.4, 0.5) is 0 Å². The van der Waals surface area contributed by atoms with Gasteiger partial charge < -0.3 is 0 Å². The van der Waals surface area contributed by atoms with E-state index in [1.165, 1.54) is 37.7 Å². The molecule has 0 nitrogen and oxygen atoms in total. The third-order valence-electron chi connectivity index (χ3n) is 5.83. The Labute approximate surface area is 125 Å². The second kappa shape index (κ2) is 4.67. The van der Waals surface area contributed by atoms with E-state index in [1.807, 2.05) is 12.1 Å². The van der Waals surface area contributed by atoms with Gasteiger partial charge in [0.25, 0.3) is 0 Å². The van der Waals surface area contributed by atoms with Gasteiger partial charge >= 0.3 is 0 Å². The molecule has 0 amide bonds. The Morgan fingerprint density at radius 3 is 1.89 bits per heavy atom. The molecule has 102 valence electrons. The van der Waals surface area contributed by atoms with Gasteiger partial charge in [-0.15, -0.1) is 11.6 Å². The summed E-state index contributed by atoms with van der Waals surface area (Å²) in [6.07, 6.45) is 7.26. The molecule has 4 fully saturated rings. The van der Waals surface area contributed by atoms with Gasteiger partial charge in [-0.2, -0.15) is 0 Å². The predicted octanol–water partition coefficient (Wildman–Crippen LogP) is 5.69. The zero-order valence-corrected chi connectivity index (χ0v) is 12.6. The lowest BCUT2D eigenvalue weighted by Crippen LogP contribution is -2.46. The fraction of sp³-hybridized carbons (Fsp3) is 0.647. The summed E-state index contributed by atoms with van der Waals surface area (Å²) in [4.78, 5) is 0. The SMILES string of the molecule is Clc1ccc(C(Cl)C2C3CC4CC(C3)CC2C4)cc1. The van der Waals surface area contributed by atoms with Crippen LogP contribution in [0.5, 0.6) is 0 Å². The van der Waals surface area contributed by atoms with Crippen LogP contribution >= 0.6 is 23.2 Å². The molecular weight excluding hydrogens is 275 g/mol. The smallest absolute Gasteiger partial charge is 0.0618 e.